The molecule has 3 rings (SSSR count). The van der Waals surface area contributed by atoms with Crippen molar-refractivity contribution in [3.05, 3.63) is 23.5 Å². The van der Waals surface area contributed by atoms with Crippen LogP contribution in [0.3, 0.4) is 0 Å². The molecule has 152 valence electrons. The molecular formula is C19H31Cl2N5O. The zero-order valence-corrected chi connectivity index (χ0v) is 18.2. The molecule has 0 radical (unpaired) electrons. The Hall–Kier alpha value is -1.37. The summed E-state index contributed by atoms with van der Waals surface area (Å²) < 4.78 is 1.91. The van der Waals surface area contributed by atoms with Gasteiger partial charge in [-0.1, -0.05) is 6.92 Å². The van der Waals surface area contributed by atoms with E-state index >= 15 is 0 Å². The van der Waals surface area contributed by atoms with Gasteiger partial charge in [-0.15, -0.1) is 24.8 Å². The minimum absolute atomic E-state index is 0. The molecule has 2 aromatic heterocycles. The zero-order valence-electron chi connectivity index (χ0n) is 16.6. The lowest BCUT2D eigenvalue weighted by Crippen LogP contribution is -2.41. The summed E-state index contributed by atoms with van der Waals surface area (Å²) in [5.74, 6) is 0.779. The van der Waals surface area contributed by atoms with Gasteiger partial charge in [-0.3, -0.25) is 4.79 Å². The first-order chi connectivity index (χ1) is 12.0. The SMILES string of the molecule is CCNCC1CCN(C(=O)c2cc3cnn(C(C)C)c3nc2C)CC1.Cl.Cl. The molecule has 1 aliphatic heterocycles. The normalized spacial score (nSPS) is 14.9. The second-order valence-corrected chi connectivity index (χ2v) is 7.26. The fraction of sp³-hybridized carbons (Fsp3) is 0.632. The number of aromatic nitrogens is 3. The Morgan fingerprint density at radius 3 is 2.56 bits per heavy atom. The lowest BCUT2D eigenvalue weighted by atomic mass is 9.96. The Morgan fingerprint density at radius 1 is 1.30 bits per heavy atom. The third-order valence-corrected chi connectivity index (χ3v) is 5.06. The largest absolute Gasteiger partial charge is 0.339 e. The van der Waals surface area contributed by atoms with E-state index in [1.54, 1.807) is 6.20 Å². The number of carbonyl (C=O) groups is 1. The second-order valence-electron chi connectivity index (χ2n) is 7.26. The van der Waals surface area contributed by atoms with Crippen LogP contribution < -0.4 is 5.32 Å². The van der Waals surface area contributed by atoms with Crippen LogP contribution in [0.25, 0.3) is 11.0 Å². The summed E-state index contributed by atoms with van der Waals surface area (Å²) in [5, 5.41) is 8.76. The van der Waals surface area contributed by atoms with Crippen LogP contribution in [0.4, 0.5) is 0 Å². The summed E-state index contributed by atoms with van der Waals surface area (Å²) >= 11 is 0. The third-order valence-electron chi connectivity index (χ3n) is 5.06. The van der Waals surface area contributed by atoms with Crippen LogP contribution in [0.15, 0.2) is 12.3 Å². The number of hydrogen-bond acceptors (Lipinski definition) is 4. The average molecular weight is 416 g/mol. The van der Waals surface area contributed by atoms with Crippen LogP contribution in [0.1, 0.15) is 55.7 Å². The molecule has 0 aliphatic carbocycles. The topological polar surface area (TPSA) is 63.1 Å². The Labute approximate surface area is 173 Å². The highest BCUT2D eigenvalue weighted by molar-refractivity contribution is 5.98. The number of likely N-dealkylation sites (tertiary alicyclic amines) is 1. The van der Waals surface area contributed by atoms with Crippen LogP contribution in [0.5, 0.6) is 0 Å². The van der Waals surface area contributed by atoms with Gasteiger partial charge in [0.15, 0.2) is 5.65 Å². The summed E-state index contributed by atoms with van der Waals surface area (Å²) in [6, 6.07) is 2.21. The van der Waals surface area contributed by atoms with Crippen molar-refractivity contribution in [3.8, 4) is 0 Å². The van der Waals surface area contributed by atoms with Gasteiger partial charge in [0.05, 0.1) is 17.5 Å². The first-order valence-corrected chi connectivity index (χ1v) is 9.36. The molecule has 0 saturated carbocycles. The van der Waals surface area contributed by atoms with Crippen molar-refractivity contribution in [2.24, 2.45) is 5.92 Å². The first kappa shape index (κ1) is 23.7. The number of amides is 1. The summed E-state index contributed by atoms with van der Waals surface area (Å²) in [6.45, 7) is 11.9. The van der Waals surface area contributed by atoms with E-state index in [1.165, 1.54) is 0 Å². The fourth-order valence-electron chi connectivity index (χ4n) is 3.52. The number of fused-ring (bicyclic) bond motifs is 1. The van der Waals surface area contributed by atoms with Gasteiger partial charge in [-0.05, 0) is 58.7 Å². The van der Waals surface area contributed by atoms with E-state index in [0.29, 0.717) is 11.5 Å². The summed E-state index contributed by atoms with van der Waals surface area (Å²) in [7, 11) is 0. The number of nitrogens with one attached hydrogen (secondary N) is 1. The van der Waals surface area contributed by atoms with Crippen LogP contribution >= 0.6 is 24.8 Å². The average Bonchev–Trinajstić information content (AvgIpc) is 3.02. The first-order valence-electron chi connectivity index (χ1n) is 9.36. The highest BCUT2D eigenvalue weighted by Gasteiger charge is 2.25. The van der Waals surface area contributed by atoms with Crippen molar-refractivity contribution in [2.75, 3.05) is 26.2 Å². The Kier molecular flexibility index (Phi) is 8.99. The van der Waals surface area contributed by atoms with Gasteiger partial charge in [0.25, 0.3) is 5.91 Å². The maximum Gasteiger partial charge on any atom is 0.255 e. The number of rotatable bonds is 5. The van der Waals surface area contributed by atoms with E-state index in [4.69, 9.17) is 0 Å². The predicted octanol–water partition coefficient (Wildman–Crippen LogP) is 3.63. The quantitative estimate of drug-likeness (QED) is 0.809. The number of pyridine rings is 1. The number of halogens is 2. The predicted molar refractivity (Wildman–Crippen MR) is 114 cm³/mol. The molecule has 0 aromatic carbocycles. The molecule has 8 heteroatoms. The van der Waals surface area contributed by atoms with Crippen molar-refractivity contribution in [1.29, 1.82) is 0 Å². The van der Waals surface area contributed by atoms with Gasteiger partial charge in [0, 0.05) is 24.5 Å². The van der Waals surface area contributed by atoms with Crippen molar-refractivity contribution in [2.45, 2.75) is 46.6 Å². The second kappa shape index (κ2) is 10.2. The number of piperidine rings is 1. The molecular weight excluding hydrogens is 385 g/mol. The van der Waals surface area contributed by atoms with E-state index in [2.05, 4.69) is 36.2 Å². The number of hydrogen-bond donors (Lipinski definition) is 1. The van der Waals surface area contributed by atoms with Gasteiger partial charge in [-0.2, -0.15) is 5.10 Å². The maximum absolute atomic E-state index is 13.0. The summed E-state index contributed by atoms with van der Waals surface area (Å²) in [5.41, 5.74) is 2.35. The molecule has 1 aliphatic rings. The maximum atomic E-state index is 13.0. The molecule has 1 N–H and O–H groups in total. The Morgan fingerprint density at radius 2 is 1.96 bits per heavy atom. The minimum atomic E-state index is 0. The van der Waals surface area contributed by atoms with E-state index in [9.17, 15) is 4.79 Å². The number of aryl methyl sites for hydroxylation is 1. The standard InChI is InChI=1S/C19H29N5O.2ClH/c1-5-20-11-15-6-8-23(9-7-15)19(25)17-10-16-12-21-24(13(2)3)18(16)22-14(17)4;;/h10,12-13,15,20H,5-9,11H2,1-4H3;2*1H. The minimum Gasteiger partial charge on any atom is -0.339 e. The molecule has 2 aromatic rings. The van der Waals surface area contributed by atoms with Crippen molar-refractivity contribution in [1.82, 2.24) is 25.0 Å². The van der Waals surface area contributed by atoms with Crippen LogP contribution in [0, 0.1) is 12.8 Å². The van der Waals surface area contributed by atoms with Gasteiger partial charge in [0.2, 0.25) is 0 Å². The van der Waals surface area contributed by atoms with E-state index in [-0.39, 0.29) is 36.8 Å². The Balaban J connectivity index is 0.00000182. The molecule has 0 spiro atoms. The van der Waals surface area contributed by atoms with E-state index in [1.807, 2.05) is 22.6 Å². The molecule has 1 amide bonds. The molecule has 6 nitrogen and oxygen atoms in total. The van der Waals surface area contributed by atoms with Gasteiger partial charge >= 0.3 is 0 Å². The highest BCUT2D eigenvalue weighted by Crippen LogP contribution is 2.23. The monoisotopic (exact) mass is 415 g/mol. The lowest BCUT2D eigenvalue weighted by molar-refractivity contribution is 0.0689. The smallest absolute Gasteiger partial charge is 0.255 e. The van der Waals surface area contributed by atoms with Crippen LogP contribution in [0.2, 0.25) is 0 Å². The molecule has 3 heterocycles. The summed E-state index contributed by atoms with van der Waals surface area (Å²) in [4.78, 5) is 19.6. The van der Waals surface area contributed by atoms with Crippen molar-refractivity contribution in [3.63, 3.8) is 0 Å². The third kappa shape index (κ3) is 5.12. The molecule has 1 saturated heterocycles. The number of nitrogens with zero attached hydrogens (tertiary/aromatic N) is 4. The molecule has 0 unspecified atom stereocenters. The molecule has 27 heavy (non-hydrogen) atoms. The zero-order chi connectivity index (χ0) is 18.0. The lowest BCUT2D eigenvalue weighted by Gasteiger charge is -2.32. The van der Waals surface area contributed by atoms with Crippen molar-refractivity contribution >= 4 is 41.8 Å². The highest BCUT2D eigenvalue weighted by atomic mass is 35.5. The fourth-order valence-corrected chi connectivity index (χ4v) is 3.52. The molecule has 1 fully saturated rings. The summed E-state index contributed by atoms with van der Waals surface area (Å²) in [6.07, 6.45) is 3.94. The van der Waals surface area contributed by atoms with Gasteiger partial charge in [0.1, 0.15) is 0 Å². The van der Waals surface area contributed by atoms with Gasteiger partial charge < -0.3 is 10.2 Å². The van der Waals surface area contributed by atoms with E-state index in [0.717, 1.165) is 55.7 Å². The number of carbonyl (C=O) groups excluding carboxylic acids is 1. The Bertz CT molecular complexity index is 754. The van der Waals surface area contributed by atoms with Crippen LogP contribution in [-0.4, -0.2) is 51.8 Å². The van der Waals surface area contributed by atoms with E-state index < -0.39 is 0 Å². The van der Waals surface area contributed by atoms with Gasteiger partial charge in [-0.25, -0.2) is 9.67 Å². The molecule has 0 bridgehead atoms. The van der Waals surface area contributed by atoms with Crippen molar-refractivity contribution < 1.29 is 4.79 Å². The molecule has 0 atom stereocenters. The van der Waals surface area contributed by atoms with Crippen LogP contribution in [-0.2, 0) is 0 Å².